The van der Waals surface area contributed by atoms with Gasteiger partial charge in [0.25, 0.3) is 0 Å². The van der Waals surface area contributed by atoms with E-state index in [4.69, 9.17) is 4.74 Å². The number of thiazole rings is 1. The van der Waals surface area contributed by atoms with E-state index in [0.717, 1.165) is 16.7 Å². The number of carbonyl (C=O) groups excluding carboxylic acids is 2. The number of aromatic nitrogens is 1. The van der Waals surface area contributed by atoms with Gasteiger partial charge in [-0.05, 0) is 27.7 Å². The van der Waals surface area contributed by atoms with Crippen molar-refractivity contribution in [3.63, 3.8) is 0 Å². The predicted octanol–water partition coefficient (Wildman–Crippen LogP) is 3.15. The van der Waals surface area contributed by atoms with E-state index in [-0.39, 0.29) is 11.7 Å². The number of nitrogens with zero attached hydrogens (tertiary/aromatic N) is 1. The van der Waals surface area contributed by atoms with Gasteiger partial charge in [-0.1, -0.05) is 0 Å². The molecule has 6 nitrogen and oxygen atoms in total. The van der Waals surface area contributed by atoms with Crippen molar-refractivity contribution in [2.24, 2.45) is 0 Å². The molecule has 0 atom stereocenters. The summed E-state index contributed by atoms with van der Waals surface area (Å²) in [4.78, 5) is 26.2. The minimum atomic E-state index is -3.86. The zero-order valence-electron chi connectivity index (χ0n) is 12.0. The Morgan fingerprint density at radius 2 is 2.00 bits per heavy atom. The van der Waals surface area contributed by atoms with Crippen LogP contribution in [-0.2, 0) is 20.2 Å². The monoisotopic (exact) mass is 322 g/mol. The second kappa shape index (κ2) is 6.33. The number of esters is 1. The van der Waals surface area contributed by atoms with Gasteiger partial charge in [-0.25, -0.2) is 14.6 Å². The molecule has 9 heteroatoms. The maximum absolute atomic E-state index is 13.7. The molecule has 0 spiro atoms. The number of anilines is 1. The van der Waals surface area contributed by atoms with E-state index in [2.05, 4.69) is 15.0 Å². The van der Waals surface area contributed by atoms with Crippen LogP contribution in [0.4, 0.5) is 18.7 Å². The quantitative estimate of drug-likeness (QED) is 0.862. The minimum Gasteiger partial charge on any atom is -0.461 e. The number of rotatable bonds is 4. The van der Waals surface area contributed by atoms with E-state index in [1.165, 1.54) is 6.92 Å². The molecule has 0 radical (unpaired) electrons. The lowest BCUT2D eigenvalue weighted by Gasteiger charge is -2.18. The highest BCUT2D eigenvalue weighted by Gasteiger charge is 2.45. The molecule has 0 aliphatic rings. The number of nitrogens with one attached hydrogen (secondary N) is 1. The lowest BCUT2D eigenvalue weighted by Crippen LogP contribution is -2.29. The molecule has 0 saturated heterocycles. The Hall–Kier alpha value is -1.77. The van der Waals surface area contributed by atoms with Crippen molar-refractivity contribution in [1.82, 2.24) is 4.98 Å². The van der Waals surface area contributed by atoms with Crippen LogP contribution in [0.3, 0.4) is 0 Å². The highest BCUT2D eigenvalue weighted by molar-refractivity contribution is 7.13. The first-order valence-electron chi connectivity index (χ1n) is 6.07. The lowest BCUT2D eigenvalue weighted by molar-refractivity contribution is -0.173. The van der Waals surface area contributed by atoms with Crippen molar-refractivity contribution < 1.29 is 27.8 Å². The van der Waals surface area contributed by atoms with Crippen molar-refractivity contribution in [3.8, 4) is 0 Å². The molecule has 0 aliphatic carbocycles. The van der Waals surface area contributed by atoms with Crippen molar-refractivity contribution in [1.29, 1.82) is 0 Å². The van der Waals surface area contributed by atoms with E-state index in [0.29, 0.717) is 0 Å². The Bertz CT molecular complexity index is 526. The SMILES string of the molecule is CCOC(=O)C(F)(F)c1csc(NC(=O)OC(C)(C)C)n1. The number of alkyl halides is 2. The summed E-state index contributed by atoms with van der Waals surface area (Å²) >= 11 is 0.755. The smallest absolute Gasteiger partial charge is 0.413 e. The molecule has 1 aromatic rings. The summed E-state index contributed by atoms with van der Waals surface area (Å²) in [7, 11) is 0. The molecule has 0 aromatic carbocycles. The molecule has 0 fully saturated rings. The third-order valence-electron chi connectivity index (χ3n) is 1.97. The van der Waals surface area contributed by atoms with E-state index in [1.54, 1.807) is 20.8 Å². The second-order valence-electron chi connectivity index (χ2n) is 4.96. The average molecular weight is 322 g/mol. The zero-order chi connectivity index (χ0) is 16.3. The number of amides is 1. The first-order valence-corrected chi connectivity index (χ1v) is 6.95. The lowest BCUT2D eigenvalue weighted by atomic mass is 10.2. The van der Waals surface area contributed by atoms with Crippen LogP contribution in [0, 0.1) is 0 Å². The molecule has 21 heavy (non-hydrogen) atoms. The third kappa shape index (κ3) is 4.92. The number of carbonyl (C=O) groups is 2. The van der Waals surface area contributed by atoms with Gasteiger partial charge in [0.15, 0.2) is 5.13 Å². The van der Waals surface area contributed by atoms with Crippen molar-refractivity contribution in [2.75, 3.05) is 11.9 Å². The summed E-state index contributed by atoms with van der Waals surface area (Å²) in [6, 6.07) is 0. The molecule has 1 amide bonds. The Kier molecular flexibility index (Phi) is 5.21. The summed E-state index contributed by atoms with van der Waals surface area (Å²) in [5, 5.41) is 3.10. The average Bonchev–Trinajstić information content (AvgIpc) is 2.75. The highest BCUT2D eigenvalue weighted by atomic mass is 32.1. The van der Waals surface area contributed by atoms with Gasteiger partial charge in [0.1, 0.15) is 11.3 Å². The van der Waals surface area contributed by atoms with Gasteiger partial charge in [0.05, 0.1) is 6.61 Å². The van der Waals surface area contributed by atoms with Crippen LogP contribution >= 0.6 is 11.3 Å². The first kappa shape index (κ1) is 17.3. The molecule has 1 aromatic heterocycles. The summed E-state index contributed by atoms with van der Waals surface area (Å²) in [5.41, 5.74) is -1.50. The molecule has 0 bridgehead atoms. The highest BCUT2D eigenvalue weighted by Crippen LogP contribution is 2.32. The van der Waals surface area contributed by atoms with Crippen LogP contribution in [0.25, 0.3) is 0 Å². The second-order valence-corrected chi connectivity index (χ2v) is 5.82. The third-order valence-corrected chi connectivity index (χ3v) is 2.72. The predicted molar refractivity (Wildman–Crippen MR) is 72.5 cm³/mol. The van der Waals surface area contributed by atoms with Gasteiger partial charge >= 0.3 is 18.0 Å². The molecular weight excluding hydrogens is 306 g/mol. The fraction of sp³-hybridized carbons (Fsp3) is 0.583. The Morgan fingerprint density at radius 1 is 1.38 bits per heavy atom. The largest absolute Gasteiger partial charge is 0.461 e. The molecule has 118 valence electrons. The van der Waals surface area contributed by atoms with Crippen molar-refractivity contribution >= 4 is 28.5 Å². The van der Waals surface area contributed by atoms with Crippen molar-refractivity contribution in [3.05, 3.63) is 11.1 Å². The van der Waals surface area contributed by atoms with Gasteiger partial charge in [-0.2, -0.15) is 8.78 Å². The number of halogens is 2. The molecule has 0 aliphatic heterocycles. The van der Waals surface area contributed by atoms with E-state index < -0.39 is 29.3 Å². The Morgan fingerprint density at radius 3 is 2.52 bits per heavy atom. The maximum atomic E-state index is 13.7. The fourth-order valence-electron chi connectivity index (χ4n) is 1.19. The Balaban J connectivity index is 2.77. The molecule has 1 rings (SSSR count). The summed E-state index contributed by atoms with van der Waals surface area (Å²) in [6.45, 7) is 6.24. The number of hydrogen-bond donors (Lipinski definition) is 1. The zero-order valence-corrected chi connectivity index (χ0v) is 12.8. The van der Waals surface area contributed by atoms with Gasteiger partial charge in [-0.3, -0.25) is 5.32 Å². The van der Waals surface area contributed by atoms with Gasteiger partial charge < -0.3 is 9.47 Å². The van der Waals surface area contributed by atoms with Gasteiger partial charge in [0.2, 0.25) is 0 Å². The van der Waals surface area contributed by atoms with Gasteiger partial charge in [0, 0.05) is 5.38 Å². The number of ether oxygens (including phenoxy) is 2. The first-order chi connectivity index (χ1) is 9.56. The van der Waals surface area contributed by atoms with Crippen LogP contribution in [0.2, 0.25) is 0 Å². The maximum Gasteiger partial charge on any atom is 0.413 e. The molecule has 0 unspecified atom stereocenters. The Labute approximate surface area is 124 Å². The van der Waals surface area contributed by atoms with Crippen LogP contribution in [0.1, 0.15) is 33.4 Å². The summed E-state index contributed by atoms with van der Waals surface area (Å²) < 4.78 is 36.6. The van der Waals surface area contributed by atoms with Crippen LogP contribution in [0.5, 0.6) is 0 Å². The standard InChI is InChI=1S/C12H16F2N2O4S/c1-5-19-8(17)12(13,14)7-6-21-9(15-7)16-10(18)20-11(2,3)4/h6H,5H2,1-4H3,(H,15,16,18). The molecule has 0 saturated carbocycles. The topological polar surface area (TPSA) is 77.5 Å². The fourth-order valence-corrected chi connectivity index (χ4v) is 1.91. The van der Waals surface area contributed by atoms with Crippen LogP contribution in [-0.4, -0.2) is 29.3 Å². The molecular formula is C12H16F2N2O4S. The summed E-state index contributed by atoms with van der Waals surface area (Å²) in [6.07, 6.45) is -0.817. The van der Waals surface area contributed by atoms with Crippen LogP contribution < -0.4 is 5.32 Å². The van der Waals surface area contributed by atoms with E-state index >= 15 is 0 Å². The molecule has 1 heterocycles. The van der Waals surface area contributed by atoms with E-state index in [9.17, 15) is 18.4 Å². The normalized spacial score (nSPS) is 11.9. The minimum absolute atomic E-state index is 0.0942. The molecule has 1 N–H and O–H groups in total. The number of hydrogen-bond acceptors (Lipinski definition) is 6. The van der Waals surface area contributed by atoms with Crippen molar-refractivity contribution in [2.45, 2.75) is 39.2 Å². The summed E-state index contributed by atoms with van der Waals surface area (Å²) in [5.74, 6) is -5.54. The van der Waals surface area contributed by atoms with Gasteiger partial charge in [-0.15, -0.1) is 11.3 Å². The van der Waals surface area contributed by atoms with Crippen LogP contribution in [0.15, 0.2) is 5.38 Å². The van der Waals surface area contributed by atoms with E-state index in [1.807, 2.05) is 0 Å².